The molecule has 0 unspecified atom stereocenters. The standard InChI is InChI=1S/2C8H8S2.2C6H5.Pb/c2*1-6-2-4-7(5-3-6)8(9)10;2*1-2-4-6-5-3-1;/h2*2-5H,1H3,(H,9,10);2*1-5H;/q;;;;+2/p-2. The second-order valence-electron chi connectivity index (χ2n) is 6.46. The van der Waals surface area contributed by atoms with Crippen LogP contribution in [0.15, 0.2) is 109 Å². The number of thiocarbonyl (C=S) groups is 2. The fraction of sp³-hybridized carbons (Fsp3) is 0.0714. The van der Waals surface area contributed by atoms with Crippen molar-refractivity contribution in [2.45, 2.75) is 13.8 Å². The van der Waals surface area contributed by atoms with E-state index in [1.54, 1.807) is 0 Å². The maximum atomic E-state index is 4.82. The third-order valence-electron chi connectivity index (χ3n) is 3.79. The van der Waals surface area contributed by atoms with Gasteiger partial charge in [-0.3, -0.25) is 0 Å². The molecular weight excluding hydrogens is 672 g/mol. The second kappa shape index (κ2) is 19.9. The third-order valence-corrected chi connectivity index (χ3v) is 4.73. The van der Waals surface area contributed by atoms with Crippen LogP contribution in [0.5, 0.6) is 0 Å². The average Bonchev–Trinajstić information content (AvgIpc) is 2.83. The van der Waals surface area contributed by atoms with Gasteiger partial charge in [0.1, 0.15) is 0 Å². The number of hydrogen-bond acceptors (Lipinski definition) is 4. The van der Waals surface area contributed by atoms with Crippen molar-refractivity contribution in [3.8, 4) is 0 Å². The van der Waals surface area contributed by atoms with Gasteiger partial charge in [-0.2, -0.15) is 0 Å². The first-order valence-electron chi connectivity index (χ1n) is 9.78. The molecule has 0 fully saturated rings. The summed E-state index contributed by atoms with van der Waals surface area (Å²) in [5.74, 6) is 0. The minimum atomic E-state index is 0. The second-order valence-corrected chi connectivity index (χ2v) is 8.61. The van der Waals surface area contributed by atoms with Gasteiger partial charge in [0, 0.05) is 0 Å². The topological polar surface area (TPSA) is 0 Å². The molecule has 0 amide bonds. The molecule has 0 saturated heterocycles. The van der Waals surface area contributed by atoms with Crippen LogP contribution in [-0.4, -0.2) is 35.7 Å². The first-order chi connectivity index (χ1) is 15.4. The van der Waals surface area contributed by atoms with E-state index >= 15 is 0 Å². The van der Waals surface area contributed by atoms with Crippen LogP contribution in [0.25, 0.3) is 0 Å². The van der Waals surface area contributed by atoms with E-state index in [0.717, 1.165) is 11.1 Å². The van der Waals surface area contributed by atoms with E-state index < -0.39 is 0 Å². The molecule has 0 aliphatic carbocycles. The van der Waals surface area contributed by atoms with E-state index in [2.05, 4.69) is 12.1 Å². The van der Waals surface area contributed by atoms with Crippen molar-refractivity contribution >= 4 is 85.4 Å². The molecule has 0 spiro atoms. The largest absolute Gasteiger partial charge is 2.00 e. The Morgan fingerprint density at radius 2 is 0.818 bits per heavy atom. The normalized spacial score (nSPS) is 8.55. The molecule has 5 heteroatoms. The van der Waals surface area contributed by atoms with Gasteiger partial charge in [-0.15, -0.1) is 8.39 Å². The van der Waals surface area contributed by atoms with Crippen molar-refractivity contribution < 1.29 is 0 Å². The summed E-state index contributed by atoms with van der Waals surface area (Å²) in [5.41, 5.74) is 4.40. The number of rotatable bonds is 2. The van der Waals surface area contributed by atoms with Crippen LogP contribution in [0, 0.1) is 26.0 Å². The molecule has 0 N–H and O–H groups in total. The van der Waals surface area contributed by atoms with Crippen molar-refractivity contribution in [1.29, 1.82) is 0 Å². The van der Waals surface area contributed by atoms with Crippen LogP contribution in [0.1, 0.15) is 22.3 Å². The van der Waals surface area contributed by atoms with Gasteiger partial charge in [0.15, 0.2) is 0 Å². The molecule has 0 aromatic heterocycles. The van der Waals surface area contributed by atoms with Gasteiger partial charge in [-0.05, 0) is 37.1 Å². The molecule has 0 atom stereocenters. The van der Waals surface area contributed by atoms with E-state index in [9.17, 15) is 0 Å². The smallest absolute Gasteiger partial charge is 0.428 e. The summed E-state index contributed by atoms with van der Waals surface area (Å²) in [6, 6.07) is 40.8. The quantitative estimate of drug-likeness (QED) is 0.126. The van der Waals surface area contributed by atoms with Gasteiger partial charge in [-0.1, -0.05) is 120 Å². The minimum absolute atomic E-state index is 0. The maximum absolute atomic E-state index is 4.82. The Balaban J connectivity index is 0.000000420. The van der Waals surface area contributed by atoms with E-state index in [-0.39, 0.29) is 27.3 Å². The first-order valence-corrected chi connectivity index (χ1v) is 11.4. The fourth-order valence-corrected chi connectivity index (χ4v) is 2.61. The van der Waals surface area contributed by atoms with Crippen LogP contribution in [-0.2, 0) is 25.3 Å². The van der Waals surface area contributed by atoms with Crippen molar-refractivity contribution in [3.63, 3.8) is 0 Å². The molecule has 0 saturated carbocycles. The first kappa shape index (κ1) is 31.4. The van der Waals surface area contributed by atoms with Crippen molar-refractivity contribution in [1.82, 2.24) is 0 Å². The molecule has 4 rings (SSSR count). The Morgan fingerprint density at radius 1 is 0.545 bits per heavy atom. The molecule has 4 aromatic carbocycles. The zero-order valence-electron chi connectivity index (χ0n) is 18.5. The van der Waals surface area contributed by atoms with Gasteiger partial charge in [-0.25, -0.2) is 0 Å². The van der Waals surface area contributed by atoms with Gasteiger partial charge in [0.2, 0.25) is 0 Å². The van der Waals surface area contributed by atoms with E-state index in [1.165, 1.54) is 11.1 Å². The Labute approximate surface area is 240 Å². The zero-order chi connectivity index (χ0) is 23.6. The number of hydrogen-bond donors (Lipinski definition) is 0. The molecule has 0 nitrogen and oxygen atoms in total. The molecule has 0 heterocycles. The van der Waals surface area contributed by atoms with Crippen molar-refractivity contribution in [3.05, 3.63) is 144 Å². The summed E-state index contributed by atoms with van der Waals surface area (Å²) in [4.78, 5) is 0. The predicted octanol–water partition coefficient (Wildman–Crippen LogP) is 7.03. The number of aryl methyl sites for hydroxylation is 2. The van der Waals surface area contributed by atoms with Crippen LogP contribution in [0.3, 0.4) is 0 Å². The molecule has 4 radical (unpaired) electrons. The molecule has 0 aliphatic rings. The molecule has 4 aromatic rings. The van der Waals surface area contributed by atoms with Gasteiger partial charge < -0.3 is 49.7 Å². The van der Waals surface area contributed by atoms with Crippen molar-refractivity contribution in [2.24, 2.45) is 0 Å². The average molecular weight is 696 g/mol. The van der Waals surface area contributed by atoms with E-state index in [0.29, 0.717) is 8.39 Å². The van der Waals surface area contributed by atoms with Crippen LogP contribution < -0.4 is 0 Å². The molecule has 0 bridgehead atoms. The zero-order valence-corrected chi connectivity index (χ0v) is 25.7. The molecule has 33 heavy (non-hydrogen) atoms. The van der Waals surface area contributed by atoms with E-state index in [1.807, 2.05) is 123 Å². The van der Waals surface area contributed by atoms with Crippen LogP contribution in [0.4, 0.5) is 0 Å². The van der Waals surface area contributed by atoms with E-state index in [4.69, 9.17) is 49.7 Å². The molecule has 0 aliphatic heterocycles. The fourth-order valence-electron chi connectivity index (χ4n) is 2.06. The molecular formula is C28H24PbS4. The maximum Gasteiger partial charge on any atom is 2.00 e. The summed E-state index contributed by atoms with van der Waals surface area (Å²) in [6.07, 6.45) is 0. The van der Waals surface area contributed by atoms with Gasteiger partial charge in [0.25, 0.3) is 0 Å². The Kier molecular flexibility index (Phi) is 18.9. The summed E-state index contributed by atoms with van der Waals surface area (Å²) >= 11 is 19.3. The third kappa shape index (κ3) is 16.6. The monoisotopic (exact) mass is 696 g/mol. The summed E-state index contributed by atoms with van der Waals surface area (Å²) in [7, 11) is 0. The molecule has 164 valence electrons. The van der Waals surface area contributed by atoms with Crippen LogP contribution >= 0.6 is 24.4 Å². The Hall–Kier alpha value is -1.58. The Morgan fingerprint density at radius 3 is 0.970 bits per heavy atom. The van der Waals surface area contributed by atoms with Crippen LogP contribution in [0.2, 0.25) is 0 Å². The summed E-state index contributed by atoms with van der Waals surface area (Å²) in [5, 5.41) is 0. The summed E-state index contributed by atoms with van der Waals surface area (Å²) < 4.78 is 1.08. The van der Waals surface area contributed by atoms with Gasteiger partial charge >= 0.3 is 27.3 Å². The SMILES string of the molecule is Cc1ccc(C(=S)[S-])cc1.Cc1ccc(C(=S)[S-])cc1.[Pb+2].[c]1ccccc1.[c]1ccccc1. The van der Waals surface area contributed by atoms with Crippen molar-refractivity contribution in [2.75, 3.05) is 0 Å². The number of benzene rings is 4. The minimum Gasteiger partial charge on any atom is -0.428 e. The van der Waals surface area contributed by atoms with Gasteiger partial charge in [0.05, 0.1) is 0 Å². The Bertz CT molecular complexity index is 877. The summed E-state index contributed by atoms with van der Waals surface area (Å²) in [6.45, 7) is 4.08. The predicted molar refractivity (Wildman–Crippen MR) is 157 cm³/mol.